The lowest BCUT2D eigenvalue weighted by Crippen LogP contribution is -2.19. The van der Waals surface area contributed by atoms with Crippen LogP contribution in [0.15, 0.2) is 18.2 Å². The number of anilines is 2. The van der Waals surface area contributed by atoms with Gasteiger partial charge in [-0.3, -0.25) is 4.79 Å². The first-order valence-corrected chi connectivity index (χ1v) is 4.54. The van der Waals surface area contributed by atoms with Crippen LogP contribution in [-0.2, 0) is 0 Å². The van der Waals surface area contributed by atoms with Crippen molar-refractivity contribution in [3.05, 3.63) is 23.8 Å². The number of hydrogen-bond donors (Lipinski definition) is 3. The Kier molecular flexibility index (Phi) is 3.34. The first-order chi connectivity index (χ1) is 6.69. The number of carbonyl (C=O) groups is 1. The summed E-state index contributed by atoms with van der Waals surface area (Å²) < 4.78 is 0. The molecule has 0 spiro atoms. The standard InChI is InChI=1S/C10H15N3O/c1-3-13-9-6-7(11)4-5-8(9)10(14)12-2/h4-6,13H,3,11H2,1-2H3,(H,12,14). The second kappa shape index (κ2) is 4.50. The predicted octanol–water partition coefficient (Wildman–Crippen LogP) is 1.06. The maximum Gasteiger partial charge on any atom is 0.253 e. The molecule has 4 nitrogen and oxygen atoms in total. The highest BCUT2D eigenvalue weighted by atomic mass is 16.1. The molecule has 0 aromatic heterocycles. The SMILES string of the molecule is CCNc1cc(N)ccc1C(=O)NC. The van der Waals surface area contributed by atoms with E-state index in [1.54, 1.807) is 25.2 Å². The average molecular weight is 193 g/mol. The third kappa shape index (κ3) is 2.16. The van der Waals surface area contributed by atoms with Gasteiger partial charge in [-0.2, -0.15) is 0 Å². The molecular formula is C10H15N3O. The lowest BCUT2D eigenvalue weighted by molar-refractivity contribution is 0.0964. The molecule has 4 N–H and O–H groups in total. The van der Waals surface area contributed by atoms with Crippen LogP contribution < -0.4 is 16.4 Å². The first kappa shape index (κ1) is 10.4. The van der Waals surface area contributed by atoms with E-state index < -0.39 is 0 Å². The lowest BCUT2D eigenvalue weighted by Gasteiger charge is -2.10. The van der Waals surface area contributed by atoms with E-state index in [-0.39, 0.29) is 5.91 Å². The number of amides is 1. The molecule has 0 fully saturated rings. The van der Waals surface area contributed by atoms with E-state index in [0.29, 0.717) is 11.3 Å². The van der Waals surface area contributed by atoms with Crippen molar-refractivity contribution in [2.24, 2.45) is 0 Å². The molecule has 0 aliphatic heterocycles. The molecule has 0 bridgehead atoms. The Morgan fingerprint density at radius 2 is 2.21 bits per heavy atom. The van der Waals surface area contributed by atoms with Gasteiger partial charge in [-0.15, -0.1) is 0 Å². The number of rotatable bonds is 3. The highest BCUT2D eigenvalue weighted by Crippen LogP contribution is 2.18. The third-order valence-electron chi connectivity index (χ3n) is 1.88. The van der Waals surface area contributed by atoms with Crippen LogP contribution in [0, 0.1) is 0 Å². The topological polar surface area (TPSA) is 67.1 Å². The number of nitrogens with one attached hydrogen (secondary N) is 2. The Hall–Kier alpha value is -1.71. The summed E-state index contributed by atoms with van der Waals surface area (Å²) in [6.07, 6.45) is 0. The van der Waals surface area contributed by atoms with Crippen molar-refractivity contribution >= 4 is 17.3 Å². The minimum atomic E-state index is -0.110. The van der Waals surface area contributed by atoms with Gasteiger partial charge in [0.05, 0.1) is 5.56 Å². The molecule has 0 aliphatic carbocycles. The summed E-state index contributed by atoms with van der Waals surface area (Å²) in [6, 6.07) is 5.19. The van der Waals surface area contributed by atoms with Gasteiger partial charge in [0.25, 0.3) is 5.91 Å². The van der Waals surface area contributed by atoms with Crippen LogP contribution in [0.3, 0.4) is 0 Å². The molecule has 0 radical (unpaired) electrons. The van der Waals surface area contributed by atoms with Gasteiger partial charge in [0, 0.05) is 25.0 Å². The zero-order valence-electron chi connectivity index (χ0n) is 8.42. The molecule has 1 aromatic carbocycles. The fourth-order valence-electron chi connectivity index (χ4n) is 1.23. The summed E-state index contributed by atoms with van der Waals surface area (Å²) in [5, 5.41) is 5.67. The molecule has 0 saturated carbocycles. The predicted molar refractivity (Wildman–Crippen MR) is 58.4 cm³/mol. The van der Waals surface area contributed by atoms with Crippen LogP contribution in [0.5, 0.6) is 0 Å². The van der Waals surface area contributed by atoms with E-state index in [1.807, 2.05) is 6.92 Å². The Labute approximate surface area is 83.5 Å². The molecule has 4 heteroatoms. The molecule has 1 aromatic rings. The quantitative estimate of drug-likeness (QED) is 0.629. The minimum absolute atomic E-state index is 0.110. The second-order valence-electron chi connectivity index (χ2n) is 2.91. The molecule has 0 aliphatic rings. The van der Waals surface area contributed by atoms with Crippen LogP contribution in [0.1, 0.15) is 17.3 Å². The third-order valence-corrected chi connectivity index (χ3v) is 1.88. The smallest absolute Gasteiger partial charge is 0.253 e. The van der Waals surface area contributed by atoms with Crippen molar-refractivity contribution in [3.63, 3.8) is 0 Å². The normalized spacial score (nSPS) is 9.57. The summed E-state index contributed by atoms with van der Waals surface area (Å²) in [6.45, 7) is 2.73. The monoisotopic (exact) mass is 193 g/mol. The summed E-state index contributed by atoms with van der Waals surface area (Å²) in [5.41, 5.74) is 7.66. The summed E-state index contributed by atoms with van der Waals surface area (Å²) in [5.74, 6) is -0.110. The Morgan fingerprint density at radius 1 is 1.50 bits per heavy atom. The molecular weight excluding hydrogens is 178 g/mol. The van der Waals surface area contributed by atoms with Crippen molar-refractivity contribution in [2.75, 3.05) is 24.6 Å². The van der Waals surface area contributed by atoms with E-state index in [1.165, 1.54) is 0 Å². The van der Waals surface area contributed by atoms with Crippen LogP contribution in [-0.4, -0.2) is 19.5 Å². The minimum Gasteiger partial charge on any atom is -0.399 e. The highest BCUT2D eigenvalue weighted by molar-refractivity contribution is 6.00. The number of nitrogens with two attached hydrogens (primary N) is 1. The van der Waals surface area contributed by atoms with Gasteiger partial charge in [-0.25, -0.2) is 0 Å². The fraction of sp³-hybridized carbons (Fsp3) is 0.300. The van der Waals surface area contributed by atoms with Crippen molar-refractivity contribution in [1.29, 1.82) is 0 Å². The van der Waals surface area contributed by atoms with E-state index >= 15 is 0 Å². The first-order valence-electron chi connectivity index (χ1n) is 4.54. The fourth-order valence-corrected chi connectivity index (χ4v) is 1.23. The zero-order valence-corrected chi connectivity index (χ0v) is 8.42. The largest absolute Gasteiger partial charge is 0.399 e. The van der Waals surface area contributed by atoms with Crippen LogP contribution in [0.25, 0.3) is 0 Å². The van der Waals surface area contributed by atoms with E-state index in [2.05, 4.69) is 10.6 Å². The molecule has 0 unspecified atom stereocenters. The van der Waals surface area contributed by atoms with E-state index in [0.717, 1.165) is 12.2 Å². The second-order valence-corrected chi connectivity index (χ2v) is 2.91. The number of hydrogen-bond acceptors (Lipinski definition) is 3. The Bertz CT molecular complexity index is 336. The van der Waals surface area contributed by atoms with Gasteiger partial charge in [0.2, 0.25) is 0 Å². The van der Waals surface area contributed by atoms with E-state index in [9.17, 15) is 4.79 Å². The van der Waals surface area contributed by atoms with Crippen LogP contribution in [0.4, 0.5) is 11.4 Å². The van der Waals surface area contributed by atoms with Crippen molar-refractivity contribution in [3.8, 4) is 0 Å². The molecule has 0 heterocycles. The van der Waals surface area contributed by atoms with Gasteiger partial charge >= 0.3 is 0 Å². The van der Waals surface area contributed by atoms with Crippen molar-refractivity contribution in [1.82, 2.24) is 5.32 Å². The van der Waals surface area contributed by atoms with Gasteiger partial charge in [-0.05, 0) is 25.1 Å². The Morgan fingerprint density at radius 3 is 2.79 bits per heavy atom. The molecule has 0 atom stereocenters. The number of benzene rings is 1. The van der Waals surface area contributed by atoms with Gasteiger partial charge < -0.3 is 16.4 Å². The van der Waals surface area contributed by atoms with Crippen molar-refractivity contribution in [2.45, 2.75) is 6.92 Å². The molecule has 0 saturated heterocycles. The highest BCUT2D eigenvalue weighted by Gasteiger charge is 2.08. The maximum atomic E-state index is 11.4. The van der Waals surface area contributed by atoms with Crippen molar-refractivity contribution < 1.29 is 4.79 Å². The lowest BCUT2D eigenvalue weighted by atomic mass is 10.1. The van der Waals surface area contributed by atoms with Crippen LogP contribution in [0.2, 0.25) is 0 Å². The van der Waals surface area contributed by atoms with Crippen LogP contribution >= 0.6 is 0 Å². The molecule has 14 heavy (non-hydrogen) atoms. The summed E-state index contributed by atoms with van der Waals surface area (Å²) in [7, 11) is 1.61. The van der Waals surface area contributed by atoms with Gasteiger partial charge in [0.15, 0.2) is 0 Å². The summed E-state index contributed by atoms with van der Waals surface area (Å²) in [4.78, 5) is 11.4. The van der Waals surface area contributed by atoms with Gasteiger partial charge in [-0.1, -0.05) is 0 Å². The maximum absolute atomic E-state index is 11.4. The number of carbonyl (C=O) groups excluding carboxylic acids is 1. The molecule has 1 amide bonds. The number of nitrogen functional groups attached to an aromatic ring is 1. The Balaban J connectivity index is 3.07. The van der Waals surface area contributed by atoms with E-state index in [4.69, 9.17) is 5.73 Å². The van der Waals surface area contributed by atoms with Gasteiger partial charge in [0.1, 0.15) is 0 Å². The zero-order chi connectivity index (χ0) is 10.6. The average Bonchev–Trinajstić information content (AvgIpc) is 2.17. The molecule has 1 rings (SSSR count). The molecule has 76 valence electrons. The summed E-state index contributed by atoms with van der Waals surface area (Å²) >= 11 is 0.